The van der Waals surface area contributed by atoms with Crippen molar-refractivity contribution in [3.8, 4) is 0 Å². The summed E-state index contributed by atoms with van der Waals surface area (Å²) in [6, 6.07) is 0. The smallest absolute Gasteiger partial charge is 0.152 e. The van der Waals surface area contributed by atoms with Crippen LogP contribution < -0.4 is 0 Å². The fourth-order valence-corrected chi connectivity index (χ4v) is 3.59. The van der Waals surface area contributed by atoms with Crippen LogP contribution in [0.4, 0.5) is 0 Å². The first-order valence-electron chi connectivity index (χ1n) is 5.89. The highest BCUT2D eigenvalue weighted by Crippen LogP contribution is 2.57. The summed E-state index contributed by atoms with van der Waals surface area (Å²) in [7, 11) is 0. The van der Waals surface area contributed by atoms with Crippen molar-refractivity contribution in [1.82, 2.24) is 0 Å². The second kappa shape index (κ2) is 3.65. The van der Waals surface area contributed by atoms with E-state index in [1.165, 1.54) is 38.5 Å². The summed E-state index contributed by atoms with van der Waals surface area (Å²) >= 11 is 0. The molecule has 2 rings (SSSR count). The van der Waals surface area contributed by atoms with Gasteiger partial charge in [0, 0.05) is 12.0 Å². The lowest BCUT2D eigenvalue weighted by molar-refractivity contribution is -0.147. The minimum atomic E-state index is -0.418. The summed E-state index contributed by atoms with van der Waals surface area (Å²) in [4.78, 5) is 11.4. The first-order valence-corrected chi connectivity index (χ1v) is 5.89. The number of carbonyl (C=O) groups excluding carboxylic acids is 1. The Labute approximate surface area is 86.0 Å². The number of ether oxygens (including phenoxy) is 1. The molecule has 0 aliphatic heterocycles. The second-order valence-electron chi connectivity index (χ2n) is 4.78. The van der Waals surface area contributed by atoms with Gasteiger partial charge in [-0.05, 0) is 39.0 Å². The third-order valence-electron chi connectivity index (χ3n) is 4.25. The summed E-state index contributed by atoms with van der Waals surface area (Å²) in [5.74, 6) is 0. The van der Waals surface area contributed by atoms with Crippen molar-refractivity contribution in [2.45, 2.75) is 57.5 Å². The van der Waals surface area contributed by atoms with Gasteiger partial charge in [0.25, 0.3) is 0 Å². The van der Waals surface area contributed by atoms with E-state index in [0.717, 1.165) is 12.7 Å². The SMILES string of the molecule is CCOC1(C=O)CCCC12CCCC2. The molecular formula is C12H20O2. The molecular weight excluding hydrogens is 176 g/mol. The van der Waals surface area contributed by atoms with Crippen molar-refractivity contribution >= 4 is 6.29 Å². The van der Waals surface area contributed by atoms with Gasteiger partial charge < -0.3 is 9.53 Å². The molecule has 0 bridgehead atoms. The Bertz CT molecular complexity index is 213. The second-order valence-corrected chi connectivity index (χ2v) is 4.78. The third kappa shape index (κ3) is 1.23. The van der Waals surface area contributed by atoms with Crippen LogP contribution in [0.1, 0.15) is 51.9 Å². The van der Waals surface area contributed by atoms with Gasteiger partial charge in [0.15, 0.2) is 6.29 Å². The van der Waals surface area contributed by atoms with E-state index in [1.54, 1.807) is 0 Å². The molecule has 1 atom stereocenters. The first kappa shape index (κ1) is 10.2. The molecule has 0 heterocycles. The van der Waals surface area contributed by atoms with E-state index in [0.29, 0.717) is 6.61 Å². The molecule has 14 heavy (non-hydrogen) atoms. The van der Waals surface area contributed by atoms with E-state index in [9.17, 15) is 4.79 Å². The average Bonchev–Trinajstić information content (AvgIpc) is 2.78. The number of hydrogen-bond donors (Lipinski definition) is 0. The maximum atomic E-state index is 11.4. The summed E-state index contributed by atoms with van der Waals surface area (Å²) in [6.07, 6.45) is 9.38. The zero-order valence-electron chi connectivity index (χ0n) is 9.05. The first-order chi connectivity index (χ1) is 6.79. The number of hydrogen-bond acceptors (Lipinski definition) is 2. The van der Waals surface area contributed by atoms with Crippen LogP contribution in [0.5, 0.6) is 0 Å². The van der Waals surface area contributed by atoms with Gasteiger partial charge in [-0.25, -0.2) is 0 Å². The molecule has 2 heteroatoms. The molecule has 80 valence electrons. The monoisotopic (exact) mass is 196 g/mol. The van der Waals surface area contributed by atoms with Gasteiger partial charge in [-0.1, -0.05) is 12.8 Å². The van der Waals surface area contributed by atoms with E-state index < -0.39 is 5.60 Å². The van der Waals surface area contributed by atoms with E-state index in [-0.39, 0.29) is 5.41 Å². The van der Waals surface area contributed by atoms with Gasteiger partial charge in [-0.3, -0.25) is 0 Å². The predicted molar refractivity (Wildman–Crippen MR) is 55.2 cm³/mol. The molecule has 0 saturated heterocycles. The van der Waals surface area contributed by atoms with Crippen molar-refractivity contribution < 1.29 is 9.53 Å². The summed E-state index contributed by atoms with van der Waals surface area (Å²) in [5, 5.41) is 0. The lowest BCUT2D eigenvalue weighted by Crippen LogP contribution is -2.46. The molecule has 1 unspecified atom stereocenters. The molecule has 2 saturated carbocycles. The van der Waals surface area contributed by atoms with E-state index >= 15 is 0 Å². The Hall–Kier alpha value is -0.370. The molecule has 1 spiro atoms. The quantitative estimate of drug-likeness (QED) is 0.649. The maximum absolute atomic E-state index is 11.4. The topological polar surface area (TPSA) is 26.3 Å². The molecule has 2 fully saturated rings. The third-order valence-corrected chi connectivity index (χ3v) is 4.25. The summed E-state index contributed by atoms with van der Waals surface area (Å²) in [6.45, 7) is 2.66. The highest BCUT2D eigenvalue weighted by molar-refractivity contribution is 5.65. The highest BCUT2D eigenvalue weighted by atomic mass is 16.5. The fourth-order valence-electron chi connectivity index (χ4n) is 3.59. The minimum Gasteiger partial charge on any atom is -0.367 e. The normalized spacial score (nSPS) is 35.2. The zero-order valence-corrected chi connectivity index (χ0v) is 9.05. The van der Waals surface area contributed by atoms with Gasteiger partial charge in [-0.2, -0.15) is 0 Å². The van der Waals surface area contributed by atoms with Gasteiger partial charge >= 0.3 is 0 Å². The lowest BCUT2D eigenvalue weighted by Gasteiger charge is -2.39. The highest BCUT2D eigenvalue weighted by Gasteiger charge is 2.56. The molecule has 0 radical (unpaired) electrons. The molecule has 0 N–H and O–H groups in total. The fraction of sp³-hybridized carbons (Fsp3) is 0.917. The van der Waals surface area contributed by atoms with E-state index in [2.05, 4.69) is 0 Å². The Morgan fingerprint density at radius 1 is 1.14 bits per heavy atom. The molecule has 2 aliphatic rings. The Morgan fingerprint density at radius 3 is 2.36 bits per heavy atom. The van der Waals surface area contributed by atoms with Crippen molar-refractivity contribution in [2.24, 2.45) is 5.41 Å². The van der Waals surface area contributed by atoms with Crippen molar-refractivity contribution in [3.05, 3.63) is 0 Å². The maximum Gasteiger partial charge on any atom is 0.152 e. The van der Waals surface area contributed by atoms with Gasteiger partial charge in [-0.15, -0.1) is 0 Å². The van der Waals surface area contributed by atoms with Crippen LogP contribution in [-0.2, 0) is 9.53 Å². The zero-order chi connectivity index (χ0) is 10.1. The van der Waals surface area contributed by atoms with Crippen molar-refractivity contribution in [1.29, 1.82) is 0 Å². The van der Waals surface area contributed by atoms with E-state index in [4.69, 9.17) is 4.74 Å². The molecule has 2 nitrogen and oxygen atoms in total. The molecule has 0 aromatic heterocycles. The minimum absolute atomic E-state index is 0.213. The Balaban J connectivity index is 2.25. The molecule has 0 aromatic carbocycles. The van der Waals surface area contributed by atoms with Crippen molar-refractivity contribution in [2.75, 3.05) is 6.61 Å². The number of rotatable bonds is 3. The molecule has 2 aliphatic carbocycles. The Kier molecular flexibility index (Phi) is 2.65. The van der Waals surface area contributed by atoms with E-state index in [1.807, 2.05) is 6.92 Å². The van der Waals surface area contributed by atoms with Crippen LogP contribution in [0.2, 0.25) is 0 Å². The van der Waals surface area contributed by atoms with Crippen LogP contribution in [-0.4, -0.2) is 18.5 Å². The molecule has 0 amide bonds. The summed E-state index contributed by atoms with van der Waals surface area (Å²) in [5.41, 5.74) is -0.205. The number of aldehydes is 1. The van der Waals surface area contributed by atoms with Gasteiger partial charge in [0.2, 0.25) is 0 Å². The van der Waals surface area contributed by atoms with Gasteiger partial charge in [0.05, 0.1) is 0 Å². The van der Waals surface area contributed by atoms with Gasteiger partial charge in [0.1, 0.15) is 5.60 Å². The predicted octanol–water partition coefficient (Wildman–Crippen LogP) is 2.70. The van der Waals surface area contributed by atoms with Crippen LogP contribution in [0.25, 0.3) is 0 Å². The van der Waals surface area contributed by atoms with Crippen LogP contribution in [0, 0.1) is 5.41 Å². The largest absolute Gasteiger partial charge is 0.367 e. The summed E-state index contributed by atoms with van der Waals surface area (Å²) < 4.78 is 5.81. The van der Waals surface area contributed by atoms with Crippen LogP contribution in [0.3, 0.4) is 0 Å². The van der Waals surface area contributed by atoms with Crippen LogP contribution in [0.15, 0.2) is 0 Å². The lowest BCUT2D eigenvalue weighted by atomic mass is 9.73. The Morgan fingerprint density at radius 2 is 1.79 bits per heavy atom. The average molecular weight is 196 g/mol. The van der Waals surface area contributed by atoms with Crippen molar-refractivity contribution in [3.63, 3.8) is 0 Å². The molecule has 0 aromatic rings. The number of carbonyl (C=O) groups is 1. The standard InChI is InChI=1S/C12H20O2/c1-2-14-12(10-13)9-5-8-11(12)6-3-4-7-11/h10H,2-9H2,1H3. The van der Waals surface area contributed by atoms with Crippen LogP contribution >= 0.6 is 0 Å².